The first kappa shape index (κ1) is 14.9. The van der Waals surface area contributed by atoms with Crippen molar-refractivity contribution in [3.8, 4) is 0 Å². The van der Waals surface area contributed by atoms with Crippen LogP contribution in [0.25, 0.3) is 0 Å². The van der Waals surface area contributed by atoms with E-state index in [9.17, 15) is 4.79 Å². The van der Waals surface area contributed by atoms with Crippen molar-refractivity contribution in [2.24, 2.45) is 5.92 Å². The van der Waals surface area contributed by atoms with Crippen molar-refractivity contribution >= 4 is 11.7 Å². The van der Waals surface area contributed by atoms with Crippen LogP contribution in [0.1, 0.15) is 36.9 Å². The molecule has 3 aliphatic rings. The Morgan fingerprint density at radius 3 is 2.96 bits per heavy atom. The number of nitrogens with zero attached hydrogens (tertiary/aromatic N) is 3. The summed E-state index contributed by atoms with van der Waals surface area (Å²) in [5.41, 5.74) is 2.55. The van der Waals surface area contributed by atoms with Gasteiger partial charge in [0.1, 0.15) is 6.10 Å². The summed E-state index contributed by atoms with van der Waals surface area (Å²) < 4.78 is 5.40. The molecule has 6 heteroatoms. The molecule has 2 aliphatic heterocycles. The Morgan fingerprint density at radius 2 is 2.13 bits per heavy atom. The van der Waals surface area contributed by atoms with E-state index in [1.807, 2.05) is 0 Å². The highest BCUT2D eigenvalue weighted by atomic mass is 16.5. The minimum atomic E-state index is -0.224. The van der Waals surface area contributed by atoms with Gasteiger partial charge in [-0.2, -0.15) is 5.10 Å². The number of fused-ring (bicyclic) bond motifs is 1. The van der Waals surface area contributed by atoms with Gasteiger partial charge in [0.05, 0.1) is 5.69 Å². The van der Waals surface area contributed by atoms with Crippen LogP contribution in [0, 0.1) is 5.92 Å². The smallest absolute Gasteiger partial charge is 0.249 e. The van der Waals surface area contributed by atoms with Crippen molar-refractivity contribution in [1.82, 2.24) is 15.5 Å². The fourth-order valence-corrected chi connectivity index (χ4v) is 3.66. The van der Waals surface area contributed by atoms with Gasteiger partial charge >= 0.3 is 0 Å². The number of hydrogen-bond acceptors (Lipinski definition) is 5. The summed E-state index contributed by atoms with van der Waals surface area (Å²) in [5, 5.41) is 11.8. The molecule has 1 N–H and O–H groups in total. The van der Waals surface area contributed by atoms with Crippen LogP contribution in [0.5, 0.6) is 0 Å². The van der Waals surface area contributed by atoms with E-state index in [1.54, 1.807) is 0 Å². The Bertz CT molecular complexity index is 580. The van der Waals surface area contributed by atoms with E-state index >= 15 is 0 Å². The van der Waals surface area contributed by atoms with Gasteiger partial charge in [0, 0.05) is 32.2 Å². The highest BCUT2D eigenvalue weighted by molar-refractivity contribution is 5.81. The number of rotatable bonds is 4. The standard InChI is InChI=1S/C17H24N4O2/c22-17(15-6-3-7-23-15)18-9-12-10-21(11-12)16-8-13-4-1-2-5-14(13)19-20-16/h8,12,15H,1-7,9-11H2,(H,18,22). The summed E-state index contributed by atoms with van der Waals surface area (Å²) in [7, 11) is 0. The first-order chi connectivity index (χ1) is 11.3. The molecular formula is C17H24N4O2. The van der Waals surface area contributed by atoms with Gasteiger partial charge in [0.2, 0.25) is 5.91 Å². The minimum Gasteiger partial charge on any atom is -0.368 e. The first-order valence-electron chi connectivity index (χ1n) is 8.79. The summed E-state index contributed by atoms with van der Waals surface area (Å²) in [6.45, 7) is 3.33. The zero-order valence-electron chi connectivity index (χ0n) is 13.5. The molecule has 124 valence electrons. The zero-order chi connectivity index (χ0) is 15.6. The van der Waals surface area contributed by atoms with Gasteiger partial charge in [-0.15, -0.1) is 5.10 Å². The van der Waals surface area contributed by atoms with Crippen LogP contribution in [-0.4, -0.2) is 48.4 Å². The van der Waals surface area contributed by atoms with Gasteiger partial charge < -0.3 is 15.0 Å². The molecule has 1 atom stereocenters. The van der Waals surface area contributed by atoms with E-state index < -0.39 is 0 Å². The fraction of sp³-hybridized carbons (Fsp3) is 0.706. The molecule has 3 heterocycles. The average Bonchev–Trinajstić information content (AvgIpc) is 3.07. The number of hydrogen-bond donors (Lipinski definition) is 1. The Hall–Kier alpha value is -1.69. The Labute approximate surface area is 136 Å². The average molecular weight is 316 g/mol. The second kappa shape index (κ2) is 6.43. The molecule has 1 aromatic heterocycles. The van der Waals surface area contributed by atoms with Gasteiger partial charge in [-0.1, -0.05) is 0 Å². The van der Waals surface area contributed by atoms with E-state index in [-0.39, 0.29) is 12.0 Å². The largest absolute Gasteiger partial charge is 0.368 e. The lowest BCUT2D eigenvalue weighted by Crippen LogP contribution is -2.52. The van der Waals surface area contributed by atoms with Crippen molar-refractivity contribution < 1.29 is 9.53 Å². The highest BCUT2D eigenvalue weighted by Gasteiger charge is 2.30. The molecule has 6 nitrogen and oxygen atoms in total. The third-order valence-corrected chi connectivity index (χ3v) is 5.13. The number of aryl methyl sites for hydroxylation is 2. The number of nitrogens with one attached hydrogen (secondary N) is 1. The lowest BCUT2D eigenvalue weighted by atomic mass is 9.95. The second-order valence-electron chi connectivity index (χ2n) is 6.90. The molecule has 1 unspecified atom stereocenters. The van der Waals surface area contributed by atoms with Crippen LogP contribution in [0.2, 0.25) is 0 Å². The number of ether oxygens (including phenoxy) is 1. The fourth-order valence-electron chi connectivity index (χ4n) is 3.66. The van der Waals surface area contributed by atoms with Gasteiger partial charge in [0.25, 0.3) is 0 Å². The van der Waals surface area contributed by atoms with Gasteiger partial charge in [-0.05, 0) is 50.2 Å². The van der Waals surface area contributed by atoms with Crippen LogP contribution >= 0.6 is 0 Å². The van der Waals surface area contributed by atoms with Crippen LogP contribution in [0.3, 0.4) is 0 Å². The number of carbonyl (C=O) groups is 1. The number of carbonyl (C=O) groups excluding carboxylic acids is 1. The summed E-state index contributed by atoms with van der Waals surface area (Å²) in [6, 6.07) is 2.21. The highest BCUT2D eigenvalue weighted by Crippen LogP contribution is 2.26. The summed E-state index contributed by atoms with van der Waals surface area (Å²) in [5.74, 6) is 1.54. The van der Waals surface area contributed by atoms with Gasteiger partial charge in [-0.25, -0.2) is 0 Å². The zero-order valence-corrected chi connectivity index (χ0v) is 13.5. The van der Waals surface area contributed by atoms with Crippen LogP contribution in [0.4, 0.5) is 5.82 Å². The van der Waals surface area contributed by atoms with Crippen LogP contribution in [-0.2, 0) is 22.4 Å². The molecule has 1 aromatic rings. The van der Waals surface area contributed by atoms with Crippen molar-refractivity contribution in [3.05, 3.63) is 17.3 Å². The SMILES string of the molecule is O=C(NCC1CN(c2cc3c(nn2)CCCC3)C1)C1CCCO1. The number of amides is 1. The molecule has 4 rings (SSSR count). The van der Waals surface area contributed by atoms with Crippen LogP contribution in [0.15, 0.2) is 6.07 Å². The predicted octanol–water partition coefficient (Wildman–Crippen LogP) is 1.09. The maximum atomic E-state index is 11.9. The molecule has 1 amide bonds. The van der Waals surface area contributed by atoms with E-state index in [2.05, 4.69) is 26.5 Å². The van der Waals surface area contributed by atoms with E-state index in [4.69, 9.17) is 4.74 Å². The molecule has 2 saturated heterocycles. The molecular weight excluding hydrogens is 292 g/mol. The molecule has 0 aromatic carbocycles. The topological polar surface area (TPSA) is 67.4 Å². The Balaban J connectivity index is 1.25. The molecule has 2 fully saturated rings. The second-order valence-corrected chi connectivity index (χ2v) is 6.90. The third-order valence-electron chi connectivity index (χ3n) is 5.13. The number of anilines is 1. The maximum absolute atomic E-state index is 11.9. The van der Waals surface area contributed by atoms with E-state index in [0.717, 1.165) is 51.1 Å². The van der Waals surface area contributed by atoms with Crippen molar-refractivity contribution in [2.45, 2.75) is 44.6 Å². The van der Waals surface area contributed by atoms with Gasteiger partial charge in [-0.3, -0.25) is 4.79 Å². The van der Waals surface area contributed by atoms with Crippen LogP contribution < -0.4 is 10.2 Å². The van der Waals surface area contributed by atoms with Crippen molar-refractivity contribution in [2.75, 3.05) is 31.1 Å². The maximum Gasteiger partial charge on any atom is 0.249 e. The van der Waals surface area contributed by atoms with E-state index in [0.29, 0.717) is 12.5 Å². The van der Waals surface area contributed by atoms with E-state index in [1.165, 1.54) is 24.1 Å². The lowest BCUT2D eigenvalue weighted by molar-refractivity contribution is -0.130. The van der Waals surface area contributed by atoms with Crippen molar-refractivity contribution in [3.63, 3.8) is 0 Å². The monoisotopic (exact) mass is 316 g/mol. The molecule has 0 saturated carbocycles. The third kappa shape index (κ3) is 3.17. The minimum absolute atomic E-state index is 0.0505. The number of aromatic nitrogens is 2. The van der Waals surface area contributed by atoms with Gasteiger partial charge in [0.15, 0.2) is 5.82 Å². The summed E-state index contributed by atoms with van der Waals surface area (Å²) >= 11 is 0. The Kier molecular flexibility index (Phi) is 4.16. The molecule has 0 spiro atoms. The normalized spacial score (nSPS) is 24.2. The summed E-state index contributed by atoms with van der Waals surface area (Å²) in [6.07, 6.45) is 6.32. The van der Waals surface area contributed by atoms with Crippen molar-refractivity contribution in [1.29, 1.82) is 0 Å². The lowest BCUT2D eigenvalue weighted by Gasteiger charge is -2.40. The molecule has 0 radical (unpaired) electrons. The molecule has 1 aliphatic carbocycles. The first-order valence-corrected chi connectivity index (χ1v) is 8.79. The quantitative estimate of drug-likeness (QED) is 0.900. The summed E-state index contributed by atoms with van der Waals surface area (Å²) in [4.78, 5) is 14.2. The molecule has 23 heavy (non-hydrogen) atoms. The Morgan fingerprint density at radius 1 is 1.26 bits per heavy atom. The predicted molar refractivity (Wildman–Crippen MR) is 86.4 cm³/mol. The molecule has 0 bridgehead atoms.